The third-order valence-corrected chi connectivity index (χ3v) is 6.42. The fourth-order valence-electron chi connectivity index (χ4n) is 4.94. The van der Waals surface area contributed by atoms with E-state index < -0.39 is 0 Å². The molecule has 0 saturated heterocycles. The SMILES string of the molecule is CC1(C)CCC(n2ccnc2C(=O)c2nccn2C2CCC(C)(C)C2)C1. The summed E-state index contributed by atoms with van der Waals surface area (Å²) in [6.07, 6.45) is 14.2. The minimum absolute atomic E-state index is 0.0468. The zero-order chi connectivity index (χ0) is 18.5. The predicted molar refractivity (Wildman–Crippen MR) is 101 cm³/mol. The van der Waals surface area contributed by atoms with Crippen molar-refractivity contribution in [3.63, 3.8) is 0 Å². The molecule has 2 aliphatic rings. The summed E-state index contributed by atoms with van der Waals surface area (Å²) in [7, 11) is 0. The first-order chi connectivity index (χ1) is 12.3. The summed E-state index contributed by atoms with van der Waals surface area (Å²) in [4.78, 5) is 22.1. The van der Waals surface area contributed by atoms with Gasteiger partial charge in [0.1, 0.15) is 0 Å². The fourth-order valence-corrected chi connectivity index (χ4v) is 4.94. The Morgan fingerprint density at radius 1 is 0.885 bits per heavy atom. The van der Waals surface area contributed by atoms with Gasteiger partial charge in [-0.2, -0.15) is 0 Å². The van der Waals surface area contributed by atoms with E-state index in [0.29, 0.717) is 34.6 Å². The van der Waals surface area contributed by atoms with E-state index in [0.717, 1.165) is 25.7 Å². The van der Waals surface area contributed by atoms with Gasteiger partial charge in [-0.25, -0.2) is 9.97 Å². The van der Waals surface area contributed by atoms with Crippen molar-refractivity contribution in [3.05, 3.63) is 36.4 Å². The van der Waals surface area contributed by atoms with Gasteiger partial charge in [0.05, 0.1) is 0 Å². The Kier molecular flexibility index (Phi) is 4.08. The summed E-state index contributed by atoms with van der Waals surface area (Å²) >= 11 is 0. The maximum atomic E-state index is 13.3. The topological polar surface area (TPSA) is 52.7 Å². The Balaban J connectivity index is 1.61. The Labute approximate surface area is 155 Å². The van der Waals surface area contributed by atoms with E-state index in [1.165, 1.54) is 12.8 Å². The molecule has 2 aromatic heterocycles. The highest BCUT2D eigenvalue weighted by molar-refractivity contribution is 6.04. The second-order valence-corrected chi connectivity index (χ2v) is 9.77. The number of hydrogen-bond donors (Lipinski definition) is 0. The van der Waals surface area contributed by atoms with Crippen LogP contribution in [0.2, 0.25) is 0 Å². The number of carbonyl (C=O) groups excluding carboxylic acids is 1. The summed E-state index contributed by atoms with van der Waals surface area (Å²) in [5, 5.41) is 0. The number of nitrogens with zero attached hydrogens (tertiary/aromatic N) is 4. The summed E-state index contributed by atoms with van der Waals surface area (Å²) < 4.78 is 4.18. The van der Waals surface area contributed by atoms with Crippen molar-refractivity contribution in [1.29, 1.82) is 0 Å². The van der Waals surface area contributed by atoms with Crippen molar-refractivity contribution < 1.29 is 4.79 Å². The molecule has 26 heavy (non-hydrogen) atoms. The highest BCUT2D eigenvalue weighted by atomic mass is 16.1. The minimum Gasteiger partial charge on any atom is -0.325 e. The molecule has 0 N–H and O–H groups in total. The molecule has 2 aliphatic carbocycles. The van der Waals surface area contributed by atoms with Crippen molar-refractivity contribution >= 4 is 5.78 Å². The molecule has 4 rings (SSSR count). The molecular weight excluding hydrogens is 324 g/mol. The highest BCUT2D eigenvalue weighted by Gasteiger charge is 2.36. The molecule has 2 unspecified atom stereocenters. The van der Waals surface area contributed by atoms with E-state index in [2.05, 4.69) is 46.8 Å². The molecule has 0 aliphatic heterocycles. The zero-order valence-electron chi connectivity index (χ0n) is 16.4. The van der Waals surface area contributed by atoms with Crippen molar-refractivity contribution in [2.75, 3.05) is 0 Å². The predicted octanol–water partition coefficient (Wildman–Crippen LogP) is 4.81. The summed E-state index contributed by atoms with van der Waals surface area (Å²) in [5.41, 5.74) is 0.673. The van der Waals surface area contributed by atoms with Gasteiger partial charge in [0.15, 0.2) is 11.6 Å². The number of rotatable bonds is 4. The van der Waals surface area contributed by atoms with Gasteiger partial charge in [-0.3, -0.25) is 4.79 Å². The van der Waals surface area contributed by atoms with Gasteiger partial charge in [-0.1, -0.05) is 27.7 Å². The molecule has 2 aromatic rings. The van der Waals surface area contributed by atoms with Crippen LogP contribution in [0.25, 0.3) is 0 Å². The molecule has 2 saturated carbocycles. The third-order valence-electron chi connectivity index (χ3n) is 6.42. The maximum Gasteiger partial charge on any atom is 0.263 e. The number of hydrogen-bond acceptors (Lipinski definition) is 3. The van der Waals surface area contributed by atoms with Crippen LogP contribution in [0.15, 0.2) is 24.8 Å². The van der Waals surface area contributed by atoms with Crippen LogP contribution in [-0.4, -0.2) is 24.9 Å². The van der Waals surface area contributed by atoms with Crippen LogP contribution in [0.1, 0.15) is 94.7 Å². The van der Waals surface area contributed by atoms with E-state index >= 15 is 0 Å². The quantitative estimate of drug-likeness (QED) is 0.740. The second-order valence-electron chi connectivity index (χ2n) is 9.77. The molecule has 140 valence electrons. The summed E-state index contributed by atoms with van der Waals surface area (Å²) in [5.74, 6) is 1.03. The average molecular weight is 354 g/mol. The lowest BCUT2D eigenvalue weighted by Crippen LogP contribution is -2.20. The standard InChI is InChI=1S/C21H30N4O/c1-20(2)7-5-15(13-20)24-11-9-22-18(24)17(26)19-23-10-12-25(19)16-6-8-21(3,4)14-16/h9-12,15-16H,5-8,13-14H2,1-4H3. The summed E-state index contributed by atoms with van der Waals surface area (Å²) in [6, 6.07) is 0.723. The van der Waals surface area contributed by atoms with E-state index in [9.17, 15) is 4.79 Å². The Morgan fingerprint density at radius 3 is 1.65 bits per heavy atom. The number of imidazole rings is 2. The van der Waals surface area contributed by atoms with Gasteiger partial charge < -0.3 is 9.13 Å². The molecule has 0 aromatic carbocycles. The van der Waals surface area contributed by atoms with Crippen molar-refractivity contribution in [2.24, 2.45) is 10.8 Å². The maximum absolute atomic E-state index is 13.3. The number of carbonyl (C=O) groups is 1. The van der Waals surface area contributed by atoms with Gasteiger partial charge in [-0.05, 0) is 49.4 Å². The van der Waals surface area contributed by atoms with Gasteiger partial charge in [0.2, 0.25) is 0 Å². The molecule has 2 fully saturated rings. The minimum atomic E-state index is -0.0468. The lowest BCUT2D eigenvalue weighted by Gasteiger charge is -2.20. The van der Waals surface area contributed by atoms with Crippen LogP contribution in [0, 0.1) is 10.8 Å². The van der Waals surface area contributed by atoms with Crippen LogP contribution < -0.4 is 0 Å². The smallest absolute Gasteiger partial charge is 0.263 e. The van der Waals surface area contributed by atoms with Crippen molar-refractivity contribution in [3.8, 4) is 0 Å². The Hall–Kier alpha value is -1.91. The summed E-state index contributed by atoms with van der Waals surface area (Å²) in [6.45, 7) is 9.22. The van der Waals surface area contributed by atoms with E-state index in [1.54, 1.807) is 12.4 Å². The van der Waals surface area contributed by atoms with Gasteiger partial charge in [0.25, 0.3) is 5.78 Å². The van der Waals surface area contributed by atoms with Crippen molar-refractivity contribution in [2.45, 2.75) is 78.3 Å². The first-order valence-electron chi connectivity index (χ1n) is 9.86. The zero-order valence-corrected chi connectivity index (χ0v) is 16.4. The lowest BCUT2D eigenvalue weighted by atomic mass is 9.92. The molecule has 5 heteroatoms. The number of aromatic nitrogens is 4. The molecule has 0 amide bonds. The molecule has 2 heterocycles. The van der Waals surface area contributed by atoms with E-state index in [4.69, 9.17) is 0 Å². The highest BCUT2D eigenvalue weighted by Crippen LogP contribution is 2.45. The van der Waals surface area contributed by atoms with Gasteiger partial charge >= 0.3 is 0 Å². The molecular formula is C21H30N4O. The van der Waals surface area contributed by atoms with Crippen LogP contribution in [0.4, 0.5) is 0 Å². The molecule has 0 spiro atoms. The van der Waals surface area contributed by atoms with Gasteiger partial charge in [0, 0.05) is 36.9 Å². The van der Waals surface area contributed by atoms with Gasteiger partial charge in [-0.15, -0.1) is 0 Å². The van der Waals surface area contributed by atoms with Crippen LogP contribution >= 0.6 is 0 Å². The first kappa shape index (κ1) is 17.5. The van der Waals surface area contributed by atoms with E-state index in [-0.39, 0.29) is 5.78 Å². The molecule has 2 atom stereocenters. The van der Waals surface area contributed by atoms with Crippen molar-refractivity contribution in [1.82, 2.24) is 19.1 Å². The third kappa shape index (κ3) is 3.12. The molecule has 0 bridgehead atoms. The first-order valence-corrected chi connectivity index (χ1v) is 9.86. The average Bonchev–Trinajstić information content (AvgIpc) is 3.31. The lowest BCUT2D eigenvalue weighted by molar-refractivity contribution is 0.100. The van der Waals surface area contributed by atoms with Crippen LogP contribution in [0.3, 0.4) is 0 Å². The molecule has 0 radical (unpaired) electrons. The van der Waals surface area contributed by atoms with Crippen LogP contribution in [0.5, 0.6) is 0 Å². The molecule has 5 nitrogen and oxygen atoms in total. The second kappa shape index (κ2) is 6.07. The largest absolute Gasteiger partial charge is 0.325 e. The normalized spacial score (nSPS) is 27.1. The Bertz CT molecular complexity index is 747. The monoisotopic (exact) mass is 354 g/mol. The van der Waals surface area contributed by atoms with E-state index in [1.807, 2.05) is 12.4 Å². The Morgan fingerprint density at radius 2 is 1.31 bits per heavy atom. The number of ketones is 1. The van der Waals surface area contributed by atoms with Crippen LogP contribution in [-0.2, 0) is 0 Å². The fraction of sp³-hybridized carbons (Fsp3) is 0.667.